The van der Waals surface area contributed by atoms with Gasteiger partial charge in [0, 0.05) is 36.9 Å². The van der Waals surface area contributed by atoms with Crippen LogP contribution in [0.3, 0.4) is 0 Å². The first-order valence-corrected chi connectivity index (χ1v) is 12.3. The zero-order valence-corrected chi connectivity index (χ0v) is 20.0. The summed E-state index contributed by atoms with van der Waals surface area (Å²) in [7, 11) is -3.80. The highest BCUT2D eigenvalue weighted by Gasteiger charge is 2.25. The summed E-state index contributed by atoms with van der Waals surface area (Å²) in [6.07, 6.45) is -0.378. The van der Waals surface area contributed by atoms with Crippen LogP contribution >= 0.6 is 11.6 Å². The van der Waals surface area contributed by atoms with Gasteiger partial charge in [-0.05, 0) is 61.9 Å². The van der Waals surface area contributed by atoms with Gasteiger partial charge in [0.15, 0.2) is 6.61 Å². The molecule has 0 spiro atoms. The van der Waals surface area contributed by atoms with Crippen molar-refractivity contribution < 1.29 is 27.5 Å². The molecule has 11 heteroatoms. The van der Waals surface area contributed by atoms with E-state index in [0.717, 1.165) is 0 Å². The van der Waals surface area contributed by atoms with Crippen molar-refractivity contribution in [3.8, 4) is 5.75 Å². The largest absolute Gasteiger partial charge is 0.483 e. The van der Waals surface area contributed by atoms with Crippen LogP contribution in [0.1, 0.15) is 12.5 Å². The van der Waals surface area contributed by atoms with Crippen molar-refractivity contribution in [1.29, 1.82) is 0 Å². The molecule has 1 fully saturated rings. The quantitative estimate of drug-likeness (QED) is 0.632. The molecular formula is C22H26ClN3O6S. The first-order valence-electron chi connectivity index (χ1n) is 10.4. The van der Waals surface area contributed by atoms with Gasteiger partial charge in [-0.25, -0.2) is 13.2 Å². The van der Waals surface area contributed by atoms with Crippen molar-refractivity contribution in [3.05, 3.63) is 53.1 Å². The lowest BCUT2D eigenvalue weighted by Crippen LogP contribution is -2.51. The summed E-state index contributed by atoms with van der Waals surface area (Å²) in [5, 5.41) is 0.505. The van der Waals surface area contributed by atoms with Gasteiger partial charge in [-0.1, -0.05) is 11.6 Å². The Morgan fingerprint density at radius 1 is 1.03 bits per heavy atom. The van der Waals surface area contributed by atoms with Gasteiger partial charge in [-0.3, -0.25) is 9.52 Å². The minimum Gasteiger partial charge on any atom is -0.483 e. The lowest BCUT2D eigenvalue weighted by atomic mass is 10.2. The van der Waals surface area contributed by atoms with Crippen molar-refractivity contribution in [3.63, 3.8) is 0 Å². The molecule has 9 nitrogen and oxygen atoms in total. The highest BCUT2D eigenvalue weighted by atomic mass is 35.5. The third-order valence-electron chi connectivity index (χ3n) is 5.06. The second-order valence-corrected chi connectivity index (χ2v) is 9.51. The number of ether oxygens (including phenoxy) is 2. The normalized spacial score (nSPS) is 14.0. The van der Waals surface area contributed by atoms with Crippen LogP contribution in [0.2, 0.25) is 5.02 Å². The molecule has 0 atom stereocenters. The molecular weight excluding hydrogens is 470 g/mol. The smallest absolute Gasteiger partial charge is 0.409 e. The zero-order valence-electron chi connectivity index (χ0n) is 18.4. The first kappa shape index (κ1) is 24.7. The van der Waals surface area contributed by atoms with Gasteiger partial charge in [-0.2, -0.15) is 0 Å². The molecule has 3 rings (SSSR count). The average molecular weight is 496 g/mol. The van der Waals surface area contributed by atoms with Crippen LogP contribution in [-0.4, -0.2) is 69.6 Å². The number of nitrogens with one attached hydrogen (secondary N) is 1. The van der Waals surface area contributed by atoms with Crippen LogP contribution in [0.15, 0.2) is 47.4 Å². The van der Waals surface area contributed by atoms with E-state index in [1.54, 1.807) is 47.9 Å². The molecule has 0 bridgehead atoms. The lowest BCUT2D eigenvalue weighted by Gasteiger charge is -2.34. The number of halogens is 1. The van der Waals surface area contributed by atoms with E-state index in [-0.39, 0.29) is 23.5 Å². The molecule has 1 N–H and O–H groups in total. The van der Waals surface area contributed by atoms with Gasteiger partial charge in [0.1, 0.15) is 5.75 Å². The second-order valence-electron chi connectivity index (χ2n) is 7.40. The highest BCUT2D eigenvalue weighted by Crippen LogP contribution is 2.24. The molecule has 178 valence electrons. The summed E-state index contributed by atoms with van der Waals surface area (Å²) >= 11 is 5.83. The summed E-state index contributed by atoms with van der Waals surface area (Å²) in [6, 6.07) is 10.8. The number of carbonyl (C=O) groups is 2. The SMILES string of the molecule is CCOC(=O)N1CCN(C(=O)COc2ccc(S(=O)(=O)Nc3ccc(Cl)cc3)cc2C)CC1. The van der Waals surface area contributed by atoms with Crippen LogP contribution in [0.25, 0.3) is 0 Å². The van der Waals surface area contributed by atoms with E-state index in [2.05, 4.69) is 4.72 Å². The van der Waals surface area contributed by atoms with Crippen molar-refractivity contribution in [2.24, 2.45) is 0 Å². The topological polar surface area (TPSA) is 105 Å². The van der Waals surface area contributed by atoms with Gasteiger partial charge in [-0.15, -0.1) is 0 Å². The summed E-state index contributed by atoms with van der Waals surface area (Å²) in [5.41, 5.74) is 0.972. The standard InChI is InChI=1S/C22H26ClN3O6S/c1-3-31-22(28)26-12-10-25(11-13-26)21(27)15-32-20-9-8-19(14-16(20)2)33(29,30)24-18-6-4-17(23)5-7-18/h4-9,14,24H,3,10-13,15H2,1-2H3. The van der Waals surface area contributed by atoms with E-state index >= 15 is 0 Å². The molecule has 2 amide bonds. The monoisotopic (exact) mass is 495 g/mol. The van der Waals surface area contributed by atoms with Crippen LogP contribution < -0.4 is 9.46 Å². The number of hydrogen-bond donors (Lipinski definition) is 1. The Kier molecular flexibility index (Phi) is 8.04. The van der Waals surface area contributed by atoms with Gasteiger partial charge < -0.3 is 19.3 Å². The van der Waals surface area contributed by atoms with Crippen LogP contribution in [0.4, 0.5) is 10.5 Å². The first-order chi connectivity index (χ1) is 15.7. The molecule has 0 radical (unpaired) electrons. The number of rotatable bonds is 7. The lowest BCUT2D eigenvalue weighted by molar-refractivity contribution is -0.134. The van der Waals surface area contributed by atoms with Crippen molar-refractivity contribution in [2.75, 3.05) is 44.1 Å². The Balaban J connectivity index is 1.55. The maximum Gasteiger partial charge on any atom is 0.409 e. The Hall–Kier alpha value is -2.98. The van der Waals surface area contributed by atoms with Gasteiger partial charge in [0.25, 0.3) is 15.9 Å². The number of hydrogen-bond acceptors (Lipinski definition) is 6. The predicted octanol–water partition coefficient (Wildman–Crippen LogP) is 3.13. The van der Waals surface area contributed by atoms with E-state index in [1.807, 2.05) is 0 Å². The van der Waals surface area contributed by atoms with Gasteiger partial charge in [0.05, 0.1) is 11.5 Å². The summed E-state index contributed by atoms with van der Waals surface area (Å²) in [6.45, 7) is 5.17. The summed E-state index contributed by atoms with van der Waals surface area (Å²) in [4.78, 5) is 27.5. The molecule has 2 aromatic rings. The number of aryl methyl sites for hydroxylation is 1. The van der Waals surface area contributed by atoms with Crippen LogP contribution in [0.5, 0.6) is 5.75 Å². The molecule has 1 heterocycles. The van der Waals surface area contributed by atoms with Crippen molar-refractivity contribution in [2.45, 2.75) is 18.7 Å². The van der Waals surface area contributed by atoms with Gasteiger partial charge in [0.2, 0.25) is 0 Å². The Morgan fingerprint density at radius 2 is 1.67 bits per heavy atom. The van der Waals surface area contributed by atoms with E-state index in [4.69, 9.17) is 21.1 Å². The fourth-order valence-corrected chi connectivity index (χ4v) is 4.54. The van der Waals surface area contributed by atoms with E-state index in [1.165, 1.54) is 18.2 Å². The minimum absolute atomic E-state index is 0.0729. The summed E-state index contributed by atoms with van der Waals surface area (Å²) < 4.78 is 38.4. The minimum atomic E-state index is -3.80. The number of carbonyl (C=O) groups excluding carboxylic acids is 2. The Labute approximate surface area is 198 Å². The molecule has 0 aromatic heterocycles. The molecule has 2 aromatic carbocycles. The van der Waals surface area contributed by atoms with Crippen molar-refractivity contribution >= 4 is 39.3 Å². The van der Waals surface area contributed by atoms with Crippen LogP contribution in [-0.2, 0) is 19.6 Å². The number of piperazine rings is 1. The van der Waals surface area contributed by atoms with E-state index in [0.29, 0.717) is 54.8 Å². The fraction of sp³-hybridized carbons (Fsp3) is 0.364. The average Bonchev–Trinajstić information content (AvgIpc) is 2.79. The number of anilines is 1. The molecule has 1 saturated heterocycles. The maximum atomic E-state index is 12.7. The number of benzene rings is 2. The van der Waals surface area contributed by atoms with Gasteiger partial charge >= 0.3 is 6.09 Å². The molecule has 0 saturated carbocycles. The molecule has 0 aliphatic carbocycles. The molecule has 1 aliphatic heterocycles. The van der Waals surface area contributed by atoms with E-state index < -0.39 is 10.0 Å². The predicted molar refractivity (Wildman–Crippen MR) is 124 cm³/mol. The third kappa shape index (κ3) is 6.52. The number of sulfonamides is 1. The van der Waals surface area contributed by atoms with Crippen molar-refractivity contribution in [1.82, 2.24) is 9.80 Å². The zero-order chi connectivity index (χ0) is 24.0. The summed E-state index contributed by atoms with van der Waals surface area (Å²) in [5.74, 6) is 0.206. The second kappa shape index (κ2) is 10.8. The Morgan fingerprint density at radius 3 is 2.27 bits per heavy atom. The molecule has 33 heavy (non-hydrogen) atoms. The Bertz CT molecular complexity index is 1100. The molecule has 1 aliphatic rings. The maximum absolute atomic E-state index is 12.7. The number of amides is 2. The highest BCUT2D eigenvalue weighted by molar-refractivity contribution is 7.92. The van der Waals surface area contributed by atoms with E-state index in [9.17, 15) is 18.0 Å². The number of nitrogens with zero attached hydrogens (tertiary/aromatic N) is 2. The molecule has 0 unspecified atom stereocenters. The van der Waals surface area contributed by atoms with Crippen LogP contribution in [0, 0.1) is 6.92 Å². The third-order valence-corrected chi connectivity index (χ3v) is 6.69. The fourth-order valence-electron chi connectivity index (χ4n) is 3.27.